The summed E-state index contributed by atoms with van der Waals surface area (Å²) in [7, 11) is 1.70. The normalized spacial score (nSPS) is 19.3. The minimum Gasteiger partial charge on any atom is -0.444 e. The second kappa shape index (κ2) is 6.41. The van der Waals surface area contributed by atoms with E-state index in [4.69, 9.17) is 9.47 Å². The van der Waals surface area contributed by atoms with Crippen molar-refractivity contribution >= 4 is 6.09 Å². The minimum absolute atomic E-state index is 0.128. The van der Waals surface area contributed by atoms with Gasteiger partial charge in [-0.25, -0.2) is 4.79 Å². The fourth-order valence-electron chi connectivity index (χ4n) is 2.48. The summed E-state index contributed by atoms with van der Waals surface area (Å²) in [5.74, 6) is 0. The molecular weight excluding hydrogens is 230 g/mol. The summed E-state index contributed by atoms with van der Waals surface area (Å²) in [5, 5.41) is 3.08. The Bertz CT molecular complexity index is 265. The number of hydrogen-bond donors (Lipinski definition) is 1. The van der Waals surface area contributed by atoms with Crippen LogP contribution < -0.4 is 5.32 Å². The Morgan fingerprint density at radius 3 is 2.33 bits per heavy atom. The molecule has 0 bridgehead atoms. The first-order valence-corrected chi connectivity index (χ1v) is 6.87. The highest BCUT2D eigenvalue weighted by molar-refractivity contribution is 5.68. The monoisotopic (exact) mass is 257 g/mol. The van der Waals surface area contributed by atoms with E-state index in [9.17, 15) is 4.79 Å². The Labute approximate surface area is 110 Å². The molecule has 0 aliphatic heterocycles. The quantitative estimate of drug-likeness (QED) is 0.841. The van der Waals surface area contributed by atoms with E-state index in [2.05, 4.69) is 5.32 Å². The lowest BCUT2D eigenvalue weighted by Gasteiger charge is -2.38. The average Bonchev–Trinajstić information content (AvgIpc) is 2.25. The van der Waals surface area contributed by atoms with Crippen molar-refractivity contribution in [2.45, 2.75) is 70.4 Å². The number of methoxy groups -OCH3 is 1. The molecule has 1 fully saturated rings. The van der Waals surface area contributed by atoms with Crippen molar-refractivity contribution in [2.75, 3.05) is 13.7 Å². The predicted octanol–water partition coefficient (Wildman–Crippen LogP) is 3.25. The lowest BCUT2D eigenvalue weighted by molar-refractivity contribution is 0.0385. The molecule has 106 valence electrons. The number of alkyl carbamates (subject to hydrolysis) is 1. The molecule has 0 saturated heterocycles. The average molecular weight is 257 g/mol. The maximum atomic E-state index is 11.9. The maximum Gasteiger partial charge on any atom is 0.408 e. The van der Waals surface area contributed by atoms with Crippen LogP contribution in [0.3, 0.4) is 0 Å². The Balaban J connectivity index is 2.57. The van der Waals surface area contributed by atoms with E-state index in [0.717, 1.165) is 19.3 Å². The van der Waals surface area contributed by atoms with Crippen molar-refractivity contribution in [3.05, 3.63) is 0 Å². The number of nitrogens with one attached hydrogen (secondary N) is 1. The molecule has 0 aromatic rings. The van der Waals surface area contributed by atoms with Crippen LogP contribution in [0.5, 0.6) is 0 Å². The molecule has 0 aromatic carbocycles. The van der Waals surface area contributed by atoms with Crippen LogP contribution in [-0.2, 0) is 9.47 Å². The topological polar surface area (TPSA) is 47.6 Å². The van der Waals surface area contributed by atoms with Crippen molar-refractivity contribution in [3.8, 4) is 0 Å². The van der Waals surface area contributed by atoms with Gasteiger partial charge >= 0.3 is 6.09 Å². The molecule has 4 nitrogen and oxygen atoms in total. The van der Waals surface area contributed by atoms with Gasteiger partial charge in [-0.1, -0.05) is 19.3 Å². The first kappa shape index (κ1) is 15.3. The van der Waals surface area contributed by atoms with Gasteiger partial charge in [0.25, 0.3) is 0 Å². The molecule has 1 aliphatic carbocycles. The molecule has 1 aliphatic rings. The SMILES string of the molecule is COCCC1(NC(=O)OC(C)(C)C)CCCCC1. The Morgan fingerprint density at radius 2 is 1.83 bits per heavy atom. The van der Waals surface area contributed by atoms with E-state index >= 15 is 0 Å². The summed E-state index contributed by atoms with van der Waals surface area (Å²) in [4.78, 5) is 11.9. The van der Waals surface area contributed by atoms with Gasteiger partial charge in [-0.05, 0) is 40.0 Å². The van der Waals surface area contributed by atoms with E-state index in [1.807, 2.05) is 20.8 Å². The lowest BCUT2D eigenvalue weighted by atomic mass is 9.79. The van der Waals surface area contributed by atoms with Crippen molar-refractivity contribution in [3.63, 3.8) is 0 Å². The third kappa shape index (κ3) is 5.25. The molecule has 0 radical (unpaired) electrons. The number of ether oxygens (including phenoxy) is 2. The molecule has 0 atom stereocenters. The van der Waals surface area contributed by atoms with Crippen LogP contribution in [0.4, 0.5) is 4.79 Å². The summed E-state index contributed by atoms with van der Waals surface area (Å²) in [6.45, 7) is 6.33. The molecule has 1 rings (SSSR count). The molecule has 0 heterocycles. The van der Waals surface area contributed by atoms with Crippen LogP contribution in [0.2, 0.25) is 0 Å². The van der Waals surface area contributed by atoms with Gasteiger partial charge in [0.05, 0.1) is 0 Å². The van der Waals surface area contributed by atoms with Gasteiger partial charge in [0.2, 0.25) is 0 Å². The molecule has 0 aromatic heterocycles. The molecule has 1 amide bonds. The van der Waals surface area contributed by atoms with Gasteiger partial charge in [0.15, 0.2) is 0 Å². The highest BCUT2D eigenvalue weighted by atomic mass is 16.6. The van der Waals surface area contributed by atoms with Crippen LogP contribution in [-0.4, -0.2) is 30.9 Å². The summed E-state index contributed by atoms with van der Waals surface area (Å²) in [5.41, 5.74) is -0.572. The first-order chi connectivity index (χ1) is 8.37. The maximum absolute atomic E-state index is 11.9. The Hall–Kier alpha value is -0.770. The Kier molecular flexibility index (Phi) is 5.45. The summed E-state index contributed by atoms with van der Waals surface area (Å²) in [6, 6.07) is 0. The van der Waals surface area contributed by atoms with Crippen molar-refractivity contribution in [2.24, 2.45) is 0 Å². The highest BCUT2D eigenvalue weighted by Crippen LogP contribution is 2.31. The summed E-state index contributed by atoms with van der Waals surface area (Å²) in [6.07, 6.45) is 6.19. The number of hydrogen-bond acceptors (Lipinski definition) is 3. The van der Waals surface area contributed by atoms with Crippen LogP contribution in [0.15, 0.2) is 0 Å². The third-order valence-electron chi connectivity index (χ3n) is 3.36. The van der Waals surface area contributed by atoms with Gasteiger partial charge < -0.3 is 14.8 Å². The third-order valence-corrected chi connectivity index (χ3v) is 3.36. The fourth-order valence-corrected chi connectivity index (χ4v) is 2.48. The standard InChI is InChI=1S/C14H27NO3/c1-13(2,3)18-12(16)15-14(10-11-17-4)8-6-5-7-9-14/h5-11H2,1-4H3,(H,15,16). The van der Waals surface area contributed by atoms with Gasteiger partial charge in [0, 0.05) is 19.3 Å². The molecule has 18 heavy (non-hydrogen) atoms. The van der Waals surface area contributed by atoms with E-state index in [1.54, 1.807) is 7.11 Å². The van der Waals surface area contributed by atoms with E-state index in [-0.39, 0.29) is 11.6 Å². The van der Waals surface area contributed by atoms with Gasteiger partial charge in [-0.2, -0.15) is 0 Å². The van der Waals surface area contributed by atoms with Gasteiger partial charge in [-0.15, -0.1) is 0 Å². The smallest absolute Gasteiger partial charge is 0.408 e. The largest absolute Gasteiger partial charge is 0.444 e. The van der Waals surface area contributed by atoms with Gasteiger partial charge in [0.1, 0.15) is 5.60 Å². The van der Waals surface area contributed by atoms with Crippen LogP contribution in [0, 0.1) is 0 Å². The molecule has 0 spiro atoms. The van der Waals surface area contributed by atoms with Crippen molar-refractivity contribution in [1.29, 1.82) is 0 Å². The molecule has 0 unspecified atom stereocenters. The predicted molar refractivity (Wildman–Crippen MR) is 71.7 cm³/mol. The summed E-state index contributed by atoms with van der Waals surface area (Å²) >= 11 is 0. The van der Waals surface area contributed by atoms with E-state index in [1.165, 1.54) is 19.3 Å². The van der Waals surface area contributed by atoms with Crippen molar-refractivity contribution < 1.29 is 14.3 Å². The first-order valence-electron chi connectivity index (χ1n) is 6.87. The van der Waals surface area contributed by atoms with Crippen LogP contribution in [0.1, 0.15) is 59.3 Å². The van der Waals surface area contributed by atoms with Gasteiger partial charge in [-0.3, -0.25) is 0 Å². The number of carbonyl (C=O) groups is 1. The van der Waals surface area contributed by atoms with E-state index in [0.29, 0.717) is 6.61 Å². The van der Waals surface area contributed by atoms with E-state index < -0.39 is 5.60 Å². The number of rotatable bonds is 4. The molecule has 4 heteroatoms. The second-order valence-electron chi connectivity index (χ2n) is 6.21. The molecular formula is C14H27NO3. The zero-order valence-electron chi connectivity index (χ0n) is 12.2. The highest BCUT2D eigenvalue weighted by Gasteiger charge is 2.34. The second-order valence-corrected chi connectivity index (χ2v) is 6.21. The van der Waals surface area contributed by atoms with Crippen molar-refractivity contribution in [1.82, 2.24) is 5.32 Å². The van der Waals surface area contributed by atoms with Crippen LogP contribution >= 0.6 is 0 Å². The number of amides is 1. The summed E-state index contributed by atoms with van der Waals surface area (Å²) < 4.78 is 10.5. The molecule has 1 saturated carbocycles. The zero-order chi connectivity index (χ0) is 13.6. The minimum atomic E-state index is -0.443. The zero-order valence-corrected chi connectivity index (χ0v) is 12.2. The van der Waals surface area contributed by atoms with Crippen LogP contribution in [0.25, 0.3) is 0 Å². The number of carbonyl (C=O) groups excluding carboxylic acids is 1. The Morgan fingerprint density at radius 1 is 1.22 bits per heavy atom. The lowest BCUT2D eigenvalue weighted by Crippen LogP contribution is -2.51. The molecule has 1 N–H and O–H groups in total. The fraction of sp³-hybridized carbons (Fsp3) is 0.929.